The molecule has 0 bridgehead atoms. The molecule has 0 spiro atoms. The summed E-state index contributed by atoms with van der Waals surface area (Å²) in [6, 6.07) is 1.58. The van der Waals surface area contributed by atoms with Gasteiger partial charge in [0.25, 0.3) is 5.56 Å². The molecule has 2 aromatic heterocycles. The Balaban J connectivity index is 1.68. The lowest BCUT2D eigenvalue weighted by molar-refractivity contribution is -0.187. The maximum Gasteiger partial charge on any atom is 0.277 e. The second kappa shape index (κ2) is 8.47. The minimum atomic E-state index is -2.14. The van der Waals surface area contributed by atoms with Gasteiger partial charge in [-0.25, -0.2) is 15.0 Å². The van der Waals surface area contributed by atoms with Crippen LogP contribution in [0, 0.1) is 0 Å². The Bertz CT molecular complexity index is 1090. The zero-order valence-electron chi connectivity index (χ0n) is 17.6. The lowest BCUT2D eigenvalue weighted by Crippen LogP contribution is -2.67. The van der Waals surface area contributed by atoms with Crippen molar-refractivity contribution in [3.05, 3.63) is 35.1 Å². The van der Waals surface area contributed by atoms with E-state index in [1.165, 1.54) is 22.2 Å². The molecule has 2 aromatic rings. The lowest BCUT2D eigenvalue weighted by Gasteiger charge is -2.45. The van der Waals surface area contributed by atoms with E-state index >= 15 is 0 Å². The summed E-state index contributed by atoms with van der Waals surface area (Å²) in [5.74, 6) is 0.103. The van der Waals surface area contributed by atoms with Crippen LogP contribution in [0.5, 0.6) is 0 Å². The van der Waals surface area contributed by atoms with E-state index in [4.69, 9.17) is 9.47 Å². The van der Waals surface area contributed by atoms with Crippen LogP contribution in [0.3, 0.4) is 0 Å². The number of fused-ring (bicyclic) bond motifs is 1. The van der Waals surface area contributed by atoms with Gasteiger partial charge in [-0.15, -0.1) is 0 Å². The largest absolute Gasteiger partial charge is 0.394 e. The number of nitrogens with one attached hydrogen (secondary N) is 1. The van der Waals surface area contributed by atoms with Crippen molar-refractivity contribution in [1.29, 1.82) is 0 Å². The molecule has 0 amide bonds. The molecule has 2 fully saturated rings. The molecule has 5 heterocycles. The molecule has 0 radical (unpaired) electrons. The number of anilines is 3. The van der Waals surface area contributed by atoms with Crippen LogP contribution in [0.4, 0.5) is 17.5 Å². The zero-order chi connectivity index (χ0) is 24.2. The van der Waals surface area contributed by atoms with Crippen LogP contribution in [0.25, 0.3) is 0 Å². The Hall–Kier alpha value is -2.76. The highest BCUT2D eigenvalue weighted by molar-refractivity contribution is 5.77. The van der Waals surface area contributed by atoms with E-state index in [9.17, 15) is 35.4 Å². The van der Waals surface area contributed by atoms with Gasteiger partial charge >= 0.3 is 0 Å². The molecule has 0 aliphatic carbocycles. The fourth-order valence-corrected chi connectivity index (χ4v) is 4.80. The number of hydrogen-bond donors (Lipinski definition) is 7. The first-order chi connectivity index (χ1) is 16.3. The molecular weight excluding hydrogens is 456 g/mol. The van der Waals surface area contributed by atoms with Gasteiger partial charge in [0, 0.05) is 12.4 Å². The van der Waals surface area contributed by atoms with Crippen LogP contribution >= 0.6 is 0 Å². The number of aliphatic hydroxyl groups excluding tert-OH is 6. The van der Waals surface area contributed by atoms with Crippen molar-refractivity contribution < 1.29 is 40.1 Å². The first-order valence-electron chi connectivity index (χ1n) is 10.5. The van der Waals surface area contributed by atoms with E-state index in [0.717, 1.165) is 6.33 Å². The van der Waals surface area contributed by atoms with E-state index < -0.39 is 67.2 Å². The summed E-state index contributed by atoms with van der Waals surface area (Å²) in [6.45, 7) is -1.58. The van der Waals surface area contributed by atoms with Crippen molar-refractivity contribution in [2.24, 2.45) is 0 Å². The Morgan fingerprint density at radius 2 is 1.74 bits per heavy atom. The van der Waals surface area contributed by atoms with Gasteiger partial charge in [-0.1, -0.05) is 0 Å². The Morgan fingerprint density at radius 3 is 2.35 bits per heavy atom. The molecule has 5 rings (SSSR count). The quantitative estimate of drug-likeness (QED) is 0.216. The van der Waals surface area contributed by atoms with Crippen molar-refractivity contribution in [3.63, 3.8) is 0 Å². The third kappa shape index (κ3) is 3.14. The third-order valence-corrected chi connectivity index (χ3v) is 6.43. The standard InChI is InChI=1S/C19H24N6O9/c26-4-8-11(28)13(30)15(33-8)19(14(31)12(29)9(5-27)34-19)25-7-24(18-20-2-1-3-21-18)10-16(25)22-6-23-17(10)32/h1-3,6,8-9,11-15,26-31H,4-5,7H2,(H,22,23,32)/t8-,9-,11-,12-,13-,14-,15?,19+/m1/s1. The number of hydrogen-bond acceptors (Lipinski definition) is 14. The Morgan fingerprint density at radius 1 is 1.03 bits per heavy atom. The van der Waals surface area contributed by atoms with Crippen LogP contribution < -0.4 is 15.4 Å². The molecule has 15 nitrogen and oxygen atoms in total. The van der Waals surface area contributed by atoms with Gasteiger partial charge in [-0.05, 0) is 6.07 Å². The van der Waals surface area contributed by atoms with Gasteiger partial charge in [-0.3, -0.25) is 9.69 Å². The lowest BCUT2D eigenvalue weighted by atomic mass is 9.91. The van der Waals surface area contributed by atoms with Gasteiger partial charge < -0.3 is 50.0 Å². The summed E-state index contributed by atoms with van der Waals surface area (Å²) in [5.41, 5.74) is -2.71. The molecular formula is C19H24N6O9. The fourth-order valence-electron chi connectivity index (χ4n) is 4.80. The first kappa shape index (κ1) is 23.0. The second-order valence-corrected chi connectivity index (χ2v) is 8.24. The van der Waals surface area contributed by atoms with E-state index in [2.05, 4.69) is 19.9 Å². The summed E-state index contributed by atoms with van der Waals surface area (Å²) in [7, 11) is 0. The van der Waals surface area contributed by atoms with Gasteiger partial charge in [-0.2, -0.15) is 0 Å². The SMILES string of the molecule is O=c1[nH]cnc2c1N(c1ncccn1)CN2[C@]1(C2O[C@H](CO)[C@@H](O)[C@H]2O)O[C@H](CO)[C@@H](O)[C@H]1O. The highest BCUT2D eigenvalue weighted by Gasteiger charge is 2.68. The average Bonchev–Trinajstić information content (AvgIpc) is 3.47. The number of aromatic nitrogens is 4. The van der Waals surface area contributed by atoms with Crippen molar-refractivity contribution >= 4 is 17.5 Å². The Kier molecular flexibility index (Phi) is 5.73. The van der Waals surface area contributed by atoms with Gasteiger partial charge in [0.2, 0.25) is 11.7 Å². The third-order valence-electron chi connectivity index (χ3n) is 6.43. The van der Waals surface area contributed by atoms with Gasteiger partial charge in [0.15, 0.2) is 11.5 Å². The summed E-state index contributed by atoms with van der Waals surface area (Å²) < 4.78 is 11.7. The van der Waals surface area contributed by atoms with E-state index in [-0.39, 0.29) is 24.1 Å². The molecule has 3 aliphatic rings. The van der Waals surface area contributed by atoms with E-state index in [0.29, 0.717) is 0 Å². The van der Waals surface area contributed by atoms with Crippen LogP contribution in [0.1, 0.15) is 0 Å². The molecule has 15 heteroatoms. The smallest absolute Gasteiger partial charge is 0.277 e. The molecule has 34 heavy (non-hydrogen) atoms. The van der Waals surface area contributed by atoms with Crippen molar-refractivity contribution in [2.45, 2.75) is 48.5 Å². The molecule has 0 aromatic carbocycles. The number of nitrogens with zero attached hydrogens (tertiary/aromatic N) is 5. The van der Waals surface area contributed by atoms with Gasteiger partial charge in [0.1, 0.15) is 49.4 Å². The normalized spacial score (nSPS) is 37.4. The number of H-pyrrole nitrogens is 1. The molecule has 8 atom stereocenters. The molecule has 1 unspecified atom stereocenters. The molecule has 0 saturated carbocycles. The maximum absolute atomic E-state index is 12.8. The number of aliphatic hydroxyl groups is 6. The van der Waals surface area contributed by atoms with E-state index in [1.54, 1.807) is 6.07 Å². The monoisotopic (exact) mass is 480 g/mol. The van der Waals surface area contributed by atoms with Gasteiger partial charge in [0.05, 0.1) is 19.5 Å². The predicted molar refractivity (Wildman–Crippen MR) is 111 cm³/mol. The van der Waals surface area contributed by atoms with Crippen LogP contribution in [-0.4, -0.2) is 119 Å². The minimum absolute atomic E-state index is 0.00226. The van der Waals surface area contributed by atoms with Crippen LogP contribution in [0.15, 0.2) is 29.6 Å². The molecule has 2 saturated heterocycles. The van der Waals surface area contributed by atoms with Crippen LogP contribution in [-0.2, 0) is 9.47 Å². The van der Waals surface area contributed by atoms with E-state index in [1.807, 2.05) is 0 Å². The minimum Gasteiger partial charge on any atom is -0.394 e. The number of rotatable bonds is 5. The van der Waals surface area contributed by atoms with Crippen molar-refractivity contribution in [1.82, 2.24) is 19.9 Å². The second-order valence-electron chi connectivity index (χ2n) is 8.24. The maximum atomic E-state index is 12.8. The molecule has 7 N–H and O–H groups in total. The van der Waals surface area contributed by atoms with Crippen molar-refractivity contribution in [3.8, 4) is 0 Å². The molecule has 3 aliphatic heterocycles. The summed E-state index contributed by atoms with van der Waals surface area (Å²) in [4.78, 5) is 30.5. The predicted octanol–water partition coefficient (Wildman–Crippen LogP) is -4.23. The summed E-state index contributed by atoms with van der Waals surface area (Å²) >= 11 is 0. The average molecular weight is 480 g/mol. The number of ether oxygens (including phenoxy) is 2. The first-order valence-corrected chi connectivity index (χ1v) is 10.5. The topological polar surface area (TPSA) is 218 Å². The highest BCUT2D eigenvalue weighted by Crippen LogP contribution is 2.48. The summed E-state index contributed by atoms with van der Waals surface area (Å²) in [5, 5.41) is 62.4. The zero-order valence-corrected chi connectivity index (χ0v) is 17.6. The number of aromatic amines is 1. The fraction of sp³-hybridized carbons (Fsp3) is 0.579. The van der Waals surface area contributed by atoms with Crippen molar-refractivity contribution in [2.75, 3.05) is 29.7 Å². The Labute approximate surface area is 191 Å². The van der Waals surface area contributed by atoms with Crippen LogP contribution in [0.2, 0.25) is 0 Å². The highest BCUT2D eigenvalue weighted by atomic mass is 16.6. The molecule has 184 valence electrons. The summed E-state index contributed by atoms with van der Waals surface area (Å²) in [6.07, 6.45) is -6.67.